The number of rotatable bonds is 5. The third-order valence-electron chi connectivity index (χ3n) is 6.46. The van der Waals surface area contributed by atoms with Gasteiger partial charge < -0.3 is 9.47 Å². The van der Waals surface area contributed by atoms with Crippen LogP contribution in [0.5, 0.6) is 0 Å². The van der Waals surface area contributed by atoms with Gasteiger partial charge in [0.25, 0.3) is 0 Å². The molecule has 2 bridgehead atoms. The van der Waals surface area contributed by atoms with Gasteiger partial charge in [-0.05, 0) is 49.9 Å². The average Bonchev–Trinajstić information content (AvgIpc) is 3.17. The van der Waals surface area contributed by atoms with E-state index in [9.17, 15) is 9.59 Å². The van der Waals surface area contributed by atoms with Crippen LogP contribution in [0, 0.1) is 23.2 Å². The predicted molar refractivity (Wildman–Crippen MR) is 82.5 cm³/mol. The second-order valence-corrected chi connectivity index (χ2v) is 7.59. The Morgan fingerprint density at radius 3 is 2.59 bits per heavy atom. The van der Waals surface area contributed by atoms with Crippen LogP contribution in [0.15, 0.2) is 0 Å². The molecule has 1 saturated heterocycles. The van der Waals surface area contributed by atoms with E-state index >= 15 is 0 Å². The van der Waals surface area contributed by atoms with Gasteiger partial charge in [0.15, 0.2) is 0 Å². The van der Waals surface area contributed by atoms with Gasteiger partial charge in [-0.2, -0.15) is 0 Å². The van der Waals surface area contributed by atoms with Gasteiger partial charge in [-0.15, -0.1) is 11.6 Å². The number of hydrogen-bond acceptors (Lipinski definition) is 4. The molecule has 5 heteroatoms. The SMILES string of the molecule is CCC1(CC)CC2(CC3CC2CC3COC(=O)CCl)C(=O)O1. The third-order valence-corrected chi connectivity index (χ3v) is 6.68. The predicted octanol–water partition coefficient (Wildman–Crippen LogP) is 3.31. The van der Waals surface area contributed by atoms with E-state index in [1.54, 1.807) is 0 Å². The standard InChI is InChI=1S/C17H25ClO4/c1-3-16(4-2)10-17(15(20)22-16)7-11-5-13(17)6-12(11)9-21-14(19)8-18/h11-13H,3-10H2,1-2H3. The molecule has 1 aliphatic heterocycles. The fraction of sp³-hybridized carbons (Fsp3) is 0.882. The minimum absolute atomic E-state index is 0.0277. The summed E-state index contributed by atoms with van der Waals surface area (Å²) in [7, 11) is 0. The number of ether oxygens (including phenoxy) is 2. The third kappa shape index (κ3) is 2.34. The van der Waals surface area contributed by atoms with Crippen molar-refractivity contribution in [1.82, 2.24) is 0 Å². The molecule has 3 aliphatic rings. The van der Waals surface area contributed by atoms with Crippen molar-refractivity contribution in [2.24, 2.45) is 23.2 Å². The zero-order valence-corrected chi connectivity index (χ0v) is 14.2. The lowest BCUT2D eigenvalue weighted by Gasteiger charge is -2.34. The van der Waals surface area contributed by atoms with E-state index in [-0.39, 0.29) is 28.8 Å². The summed E-state index contributed by atoms with van der Waals surface area (Å²) in [6, 6.07) is 0. The molecular weight excluding hydrogens is 304 g/mol. The molecule has 1 heterocycles. The Morgan fingerprint density at radius 1 is 1.36 bits per heavy atom. The molecule has 2 saturated carbocycles. The van der Waals surface area contributed by atoms with Crippen LogP contribution in [-0.4, -0.2) is 30.0 Å². The fourth-order valence-corrected chi connectivity index (χ4v) is 5.16. The quantitative estimate of drug-likeness (QED) is 0.574. The van der Waals surface area contributed by atoms with E-state index in [1.165, 1.54) is 0 Å². The van der Waals surface area contributed by atoms with E-state index in [1.807, 2.05) is 0 Å². The molecule has 0 aromatic carbocycles. The molecule has 0 radical (unpaired) electrons. The Morgan fingerprint density at radius 2 is 2.09 bits per heavy atom. The van der Waals surface area contributed by atoms with Crippen LogP contribution < -0.4 is 0 Å². The molecule has 0 N–H and O–H groups in total. The van der Waals surface area contributed by atoms with Crippen LogP contribution in [0.1, 0.15) is 52.4 Å². The Balaban J connectivity index is 1.67. The first-order chi connectivity index (χ1) is 10.5. The number of cyclic esters (lactones) is 1. The maximum Gasteiger partial charge on any atom is 0.320 e. The summed E-state index contributed by atoms with van der Waals surface area (Å²) in [5.74, 6) is 0.839. The summed E-state index contributed by atoms with van der Waals surface area (Å²) in [4.78, 5) is 23.8. The van der Waals surface area contributed by atoms with Crippen molar-refractivity contribution >= 4 is 23.5 Å². The summed E-state index contributed by atoms with van der Waals surface area (Å²) >= 11 is 5.46. The van der Waals surface area contributed by atoms with Crippen molar-refractivity contribution in [2.45, 2.75) is 58.0 Å². The van der Waals surface area contributed by atoms with E-state index < -0.39 is 0 Å². The second-order valence-electron chi connectivity index (χ2n) is 7.32. The van der Waals surface area contributed by atoms with Crippen LogP contribution >= 0.6 is 11.6 Å². The normalized spacial score (nSPS) is 38.5. The number of fused-ring (bicyclic) bond motifs is 3. The van der Waals surface area contributed by atoms with Crippen molar-refractivity contribution in [2.75, 3.05) is 12.5 Å². The smallest absolute Gasteiger partial charge is 0.320 e. The molecule has 1 spiro atoms. The molecule has 4 nitrogen and oxygen atoms in total. The zero-order valence-electron chi connectivity index (χ0n) is 13.4. The number of alkyl halides is 1. The lowest BCUT2D eigenvalue weighted by molar-refractivity contribution is -0.157. The molecule has 2 aliphatic carbocycles. The van der Waals surface area contributed by atoms with Crippen LogP contribution in [0.4, 0.5) is 0 Å². The molecule has 124 valence electrons. The first-order valence-electron chi connectivity index (χ1n) is 8.43. The van der Waals surface area contributed by atoms with Crippen LogP contribution in [0.25, 0.3) is 0 Å². The maximum atomic E-state index is 12.6. The zero-order chi connectivity index (χ0) is 16.0. The molecule has 0 aromatic heterocycles. The van der Waals surface area contributed by atoms with Crippen molar-refractivity contribution in [3.05, 3.63) is 0 Å². The van der Waals surface area contributed by atoms with E-state index in [0.29, 0.717) is 24.4 Å². The Bertz CT molecular complexity index is 473. The van der Waals surface area contributed by atoms with Crippen LogP contribution in [0.2, 0.25) is 0 Å². The van der Waals surface area contributed by atoms with Crippen molar-refractivity contribution in [3.63, 3.8) is 0 Å². The summed E-state index contributed by atoms with van der Waals surface area (Å²) in [5, 5.41) is 0. The largest absolute Gasteiger partial charge is 0.464 e. The highest BCUT2D eigenvalue weighted by molar-refractivity contribution is 6.26. The molecule has 4 atom stereocenters. The average molecular weight is 329 g/mol. The lowest BCUT2D eigenvalue weighted by Crippen LogP contribution is -2.36. The van der Waals surface area contributed by atoms with Gasteiger partial charge in [0.1, 0.15) is 11.5 Å². The Kier molecular flexibility index (Phi) is 4.17. The highest BCUT2D eigenvalue weighted by Gasteiger charge is 2.65. The number of esters is 2. The molecule has 0 amide bonds. The van der Waals surface area contributed by atoms with Crippen LogP contribution in [0.3, 0.4) is 0 Å². The van der Waals surface area contributed by atoms with E-state index in [2.05, 4.69) is 13.8 Å². The van der Waals surface area contributed by atoms with E-state index in [0.717, 1.165) is 38.5 Å². The number of halogens is 1. The monoisotopic (exact) mass is 328 g/mol. The number of carbonyl (C=O) groups is 2. The lowest BCUT2D eigenvalue weighted by atomic mass is 9.66. The molecule has 4 unspecified atom stereocenters. The number of hydrogen-bond donors (Lipinski definition) is 0. The van der Waals surface area contributed by atoms with Crippen LogP contribution in [-0.2, 0) is 19.1 Å². The summed E-state index contributed by atoms with van der Waals surface area (Å²) in [5.41, 5.74) is -0.508. The van der Waals surface area contributed by atoms with Gasteiger partial charge in [0.05, 0.1) is 12.0 Å². The highest BCUT2D eigenvalue weighted by atomic mass is 35.5. The highest BCUT2D eigenvalue weighted by Crippen LogP contribution is 2.65. The van der Waals surface area contributed by atoms with E-state index in [4.69, 9.17) is 21.1 Å². The van der Waals surface area contributed by atoms with Gasteiger partial charge in [-0.3, -0.25) is 9.59 Å². The minimum Gasteiger partial charge on any atom is -0.464 e. The second kappa shape index (κ2) is 5.70. The minimum atomic E-state index is -0.351. The summed E-state index contributed by atoms with van der Waals surface area (Å²) in [6.45, 7) is 4.67. The van der Waals surface area contributed by atoms with Crippen molar-refractivity contribution < 1.29 is 19.1 Å². The molecular formula is C17H25ClO4. The molecule has 0 aromatic rings. The Labute approximate surface area is 136 Å². The summed E-state index contributed by atoms with van der Waals surface area (Å²) in [6.07, 6.45) is 5.61. The number of carbonyl (C=O) groups excluding carboxylic acids is 2. The topological polar surface area (TPSA) is 52.6 Å². The Hall–Kier alpha value is -0.770. The molecule has 3 fully saturated rings. The molecule has 22 heavy (non-hydrogen) atoms. The first-order valence-corrected chi connectivity index (χ1v) is 8.97. The van der Waals surface area contributed by atoms with Crippen molar-refractivity contribution in [1.29, 1.82) is 0 Å². The van der Waals surface area contributed by atoms with Gasteiger partial charge >= 0.3 is 11.9 Å². The van der Waals surface area contributed by atoms with Gasteiger partial charge in [0, 0.05) is 6.42 Å². The van der Waals surface area contributed by atoms with Gasteiger partial charge in [0.2, 0.25) is 0 Å². The van der Waals surface area contributed by atoms with Gasteiger partial charge in [-0.1, -0.05) is 13.8 Å². The van der Waals surface area contributed by atoms with Gasteiger partial charge in [-0.25, -0.2) is 0 Å². The van der Waals surface area contributed by atoms with Crippen molar-refractivity contribution in [3.8, 4) is 0 Å². The molecule has 3 rings (SSSR count). The summed E-state index contributed by atoms with van der Waals surface area (Å²) < 4.78 is 11.0. The fourth-order valence-electron chi connectivity index (χ4n) is 5.08. The first kappa shape index (κ1) is 16.1. The maximum absolute atomic E-state index is 12.6.